The Morgan fingerprint density at radius 3 is 2.45 bits per heavy atom. The topological polar surface area (TPSA) is 122 Å². The van der Waals surface area contributed by atoms with Crippen molar-refractivity contribution in [2.45, 2.75) is 55.1 Å². The lowest BCUT2D eigenvalue weighted by molar-refractivity contribution is -0.144. The summed E-state index contributed by atoms with van der Waals surface area (Å²) in [4.78, 5) is 21.1. The van der Waals surface area contributed by atoms with E-state index >= 15 is 0 Å². The zero-order chi connectivity index (χ0) is 26.9. The van der Waals surface area contributed by atoms with Gasteiger partial charge in [-0.1, -0.05) is 11.3 Å². The first-order valence-corrected chi connectivity index (χ1v) is 14.6. The van der Waals surface area contributed by atoms with Crippen molar-refractivity contribution in [2.24, 2.45) is 0 Å². The number of carbonyl (C=O) groups excluding carboxylic acids is 1. The van der Waals surface area contributed by atoms with Crippen LogP contribution in [0.4, 0.5) is 14.5 Å². The van der Waals surface area contributed by atoms with Gasteiger partial charge in [-0.3, -0.25) is 9.20 Å². The molecule has 2 saturated carbocycles. The Morgan fingerprint density at radius 1 is 1.16 bits per heavy atom. The summed E-state index contributed by atoms with van der Waals surface area (Å²) in [6.07, 6.45) is 3.17. The molecule has 0 bridgehead atoms. The molecule has 204 valence electrons. The number of aromatic nitrogens is 4. The van der Waals surface area contributed by atoms with Crippen LogP contribution in [0.1, 0.15) is 44.0 Å². The van der Waals surface area contributed by atoms with Gasteiger partial charge in [0, 0.05) is 45.0 Å². The van der Waals surface area contributed by atoms with E-state index in [0.29, 0.717) is 61.6 Å². The van der Waals surface area contributed by atoms with Crippen LogP contribution in [0.15, 0.2) is 23.4 Å². The smallest absolute Gasteiger partial charge is 0.291 e. The normalized spacial score (nSPS) is 20.3. The predicted octanol–water partition coefficient (Wildman–Crippen LogP) is 2.45. The van der Waals surface area contributed by atoms with E-state index in [0.717, 1.165) is 12.8 Å². The molecule has 0 unspecified atom stereocenters. The van der Waals surface area contributed by atoms with E-state index in [9.17, 15) is 22.0 Å². The van der Waals surface area contributed by atoms with Crippen LogP contribution in [0.3, 0.4) is 0 Å². The molecule has 15 heteroatoms. The number of ether oxygens (including phenoxy) is 1. The molecular formula is C23H27F2N7O4S2. The number of methoxy groups -OCH3 is 1. The van der Waals surface area contributed by atoms with Crippen molar-refractivity contribution in [3.05, 3.63) is 23.5 Å². The molecule has 0 spiro atoms. The first-order chi connectivity index (χ1) is 18.0. The van der Waals surface area contributed by atoms with Crippen LogP contribution in [0, 0.1) is 0 Å². The molecule has 3 fully saturated rings. The second kappa shape index (κ2) is 8.89. The Kier molecular flexibility index (Phi) is 5.97. The van der Waals surface area contributed by atoms with E-state index in [-0.39, 0.29) is 21.6 Å². The van der Waals surface area contributed by atoms with Crippen molar-refractivity contribution in [3.63, 3.8) is 0 Å². The number of alkyl halides is 2. The summed E-state index contributed by atoms with van der Waals surface area (Å²) in [5, 5.41) is 7.15. The highest BCUT2D eigenvalue weighted by molar-refractivity contribution is 7.89. The fraction of sp³-hybridized carbons (Fsp3) is 0.565. The number of sulfonamides is 1. The van der Waals surface area contributed by atoms with Gasteiger partial charge in [-0.2, -0.15) is 0 Å². The summed E-state index contributed by atoms with van der Waals surface area (Å²) in [6, 6.07) is 1.61. The van der Waals surface area contributed by atoms with Crippen molar-refractivity contribution in [1.29, 1.82) is 0 Å². The van der Waals surface area contributed by atoms with Crippen LogP contribution in [0.5, 0.6) is 0 Å². The molecule has 1 saturated heterocycles. The highest BCUT2D eigenvalue weighted by Crippen LogP contribution is 2.41. The molecule has 0 atom stereocenters. The van der Waals surface area contributed by atoms with Gasteiger partial charge in [-0.25, -0.2) is 26.9 Å². The molecule has 1 aliphatic heterocycles. The van der Waals surface area contributed by atoms with Crippen molar-refractivity contribution in [3.8, 4) is 10.8 Å². The molecular weight excluding hydrogens is 540 g/mol. The largest absolute Gasteiger partial charge is 0.368 e. The van der Waals surface area contributed by atoms with E-state index in [1.165, 1.54) is 6.20 Å². The van der Waals surface area contributed by atoms with Gasteiger partial charge in [0.25, 0.3) is 12.3 Å². The average molecular weight is 568 g/mol. The summed E-state index contributed by atoms with van der Waals surface area (Å²) in [5.41, 5.74) is 0.0306. The summed E-state index contributed by atoms with van der Waals surface area (Å²) < 4.78 is 62.8. The zero-order valence-corrected chi connectivity index (χ0v) is 22.5. The summed E-state index contributed by atoms with van der Waals surface area (Å²) in [7, 11) is -2.34. The number of halogens is 2. The molecule has 0 aromatic carbocycles. The van der Waals surface area contributed by atoms with Crippen LogP contribution in [0.2, 0.25) is 0 Å². The molecule has 6 rings (SSSR count). The predicted molar refractivity (Wildman–Crippen MR) is 135 cm³/mol. The Hall–Kier alpha value is -2.75. The number of anilines is 1. The van der Waals surface area contributed by atoms with Gasteiger partial charge in [0.1, 0.15) is 10.5 Å². The zero-order valence-electron chi connectivity index (χ0n) is 20.9. The van der Waals surface area contributed by atoms with E-state index in [1.807, 2.05) is 11.8 Å². The first-order valence-electron chi connectivity index (χ1n) is 12.3. The van der Waals surface area contributed by atoms with Crippen molar-refractivity contribution in [2.75, 3.05) is 38.2 Å². The number of nitrogens with one attached hydrogen (secondary N) is 1. The fourth-order valence-corrected chi connectivity index (χ4v) is 6.93. The highest BCUT2D eigenvalue weighted by atomic mass is 32.2. The van der Waals surface area contributed by atoms with Crippen LogP contribution in [0.25, 0.3) is 16.3 Å². The van der Waals surface area contributed by atoms with Gasteiger partial charge in [-0.05, 0) is 38.7 Å². The minimum atomic E-state index is -3.89. The summed E-state index contributed by atoms with van der Waals surface area (Å²) >= 11 is 0.712. The molecule has 1 amide bonds. The Balaban J connectivity index is 1.37. The Bertz CT molecular complexity index is 1510. The summed E-state index contributed by atoms with van der Waals surface area (Å²) in [6.45, 7) is 3.72. The van der Waals surface area contributed by atoms with Gasteiger partial charge in [0.2, 0.25) is 10.0 Å². The number of piperazine rings is 1. The number of hydrogen-bond acceptors (Lipinski definition) is 9. The molecule has 38 heavy (non-hydrogen) atoms. The van der Waals surface area contributed by atoms with E-state index in [2.05, 4.69) is 19.9 Å². The maximum atomic E-state index is 13.4. The highest BCUT2D eigenvalue weighted by Gasteiger charge is 2.52. The first kappa shape index (κ1) is 25.5. The third-order valence-electron chi connectivity index (χ3n) is 7.50. The standard InChI is InChI=1S/C23H27F2N7O4S2/c1-22(3-4-22)29-38(34,35)14-11-15(30-7-9-31(10-8-30)21(33)23(36-2)5-6-23)16-12-26-18(32(16)13-14)20-28-27-19(37-20)17(24)25/h11-13,17,29H,3-10H2,1-2H3. The molecule has 4 heterocycles. The van der Waals surface area contributed by atoms with Crippen molar-refractivity contribution in [1.82, 2.24) is 29.2 Å². The van der Waals surface area contributed by atoms with Crippen LogP contribution in [-0.4, -0.2) is 83.2 Å². The van der Waals surface area contributed by atoms with Gasteiger partial charge in [0.15, 0.2) is 15.8 Å². The van der Waals surface area contributed by atoms with Gasteiger partial charge < -0.3 is 14.5 Å². The minimum Gasteiger partial charge on any atom is -0.368 e. The van der Waals surface area contributed by atoms with Gasteiger partial charge in [-0.15, -0.1) is 10.2 Å². The monoisotopic (exact) mass is 567 g/mol. The number of imidazole rings is 1. The maximum absolute atomic E-state index is 13.4. The van der Waals surface area contributed by atoms with Crippen LogP contribution < -0.4 is 9.62 Å². The average Bonchev–Trinajstić information content (AvgIpc) is 3.72. The number of amides is 1. The lowest BCUT2D eigenvalue weighted by Crippen LogP contribution is -2.52. The van der Waals surface area contributed by atoms with Gasteiger partial charge >= 0.3 is 0 Å². The quantitative estimate of drug-likeness (QED) is 0.441. The molecule has 3 aromatic heterocycles. The van der Waals surface area contributed by atoms with Gasteiger partial charge in [0.05, 0.1) is 17.4 Å². The number of hydrogen-bond donors (Lipinski definition) is 1. The molecule has 0 radical (unpaired) electrons. The number of rotatable bonds is 8. The fourth-order valence-electron chi connectivity index (χ4n) is 4.76. The lowest BCUT2D eigenvalue weighted by atomic mass is 10.2. The molecule has 1 N–H and O–H groups in total. The minimum absolute atomic E-state index is 0.0132. The van der Waals surface area contributed by atoms with E-state index in [1.54, 1.807) is 28.7 Å². The second-order valence-corrected chi connectivity index (χ2v) is 13.0. The maximum Gasteiger partial charge on any atom is 0.291 e. The number of pyridine rings is 1. The van der Waals surface area contributed by atoms with Crippen molar-refractivity contribution >= 4 is 38.5 Å². The summed E-state index contributed by atoms with van der Waals surface area (Å²) in [5.74, 6) is 0.214. The van der Waals surface area contributed by atoms with E-state index in [4.69, 9.17) is 4.74 Å². The molecule has 11 nitrogen and oxygen atoms in total. The third kappa shape index (κ3) is 4.44. The van der Waals surface area contributed by atoms with Crippen LogP contribution >= 0.6 is 11.3 Å². The number of carbonyl (C=O) groups is 1. The van der Waals surface area contributed by atoms with Crippen molar-refractivity contribution < 1.29 is 26.7 Å². The van der Waals surface area contributed by atoms with E-state index < -0.39 is 32.6 Å². The Morgan fingerprint density at radius 2 is 1.87 bits per heavy atom. The number of nitrogens with zero attached hydrogens (tertiary/aromatic N) is 6. The molecule has 2 aliphatic carbocycles. The SMILES string of the molecule is COC1(C(=O)N2CCN(c3cc(S(=O)(=O)NC4(C)CC4)cn4c(-c5nnc(C(F)F)s5)ncc34)CC2)CC1. The molecule has 3 aromatic rings. The Labute approximate surface area is 221 Å². The number of fused-ring (bicyclic) bond motifs is 1. The second-order valence-electron chi connectivity index (χ2n) is 10.3. The van der Waals surface area contributed by atoms with Crippen LogP contribution in [-0.2, 0) is 19.6 Å². The lowest BCUT2D eigenvalue weighted by Gasteiger charge is -2.37. The molecule has 3 aliphatic rings. The third-order valence-corrected chi connectivity index (χ3v) is 10.0.